The second-order valence-corrected chi connectivity index (χ2v) is 7.95. The van der Waals surface area contributed by atoms with Crippen molar-refractivity contribution in [1.29, 1.82) is 0 Å². The van der Waals surface area contributed by atoms with Gasteiger partial charge in [0.05, 0.1) is 5.60 Å². The van der Waals surface area contributed by atoms with Gasteiger partial charge in [-0.05, 0) is 19.8 Å². The van der Waals surface area contributed by atoms with Crippen LogP contribution in [0.5, 0.6) is 0 Å². The van der Waals surface area contributed by atoms with Crippen molar-refractivity contribution in [3.05, 3.63) is 0 Å². The molecule has 0 spiro atoms. The van der Waals surface area contributed by atoms with Gasteiger partial charge in [0.1, 0.15) is 6.35 Å². The molecule has 5 heteroatoms. The normalized spacial score (nSPS) is 15.1. The lowest BCUT2D eigenvalue weighted by Gasteiger charge is -2.30. The molecule has 0 bridgehead atoms. The topological polar surface area (TPSA) is 66.8 Å². The quantitative estimate of drug-likeness (QED) is 0.339. The average molecular weight is 322 g/mol. The van der Waals surface area contributed by atoms with E-state index in [4.69, 9.17) is 14.5 Å². The first-order chi connectivity index (χ1) is 9.83. The summed E-state index contributed by atoms with van der Waals surface area (Å²) < 4.78 is 16.7. The highest BCUT2D eigenvalue weighted by molar-refractivity contribution is 7.51. The van der Waals surface area contributed by atoms with Crippen LogP contribution in [0.3, 0.4) is 0 Å². The fourth-order valence-electron chi connectivity index (χ4n) is 2.54. The standard InChI is InChI=1S/C16H35O4P/c1-4-6-8-10-12-14-16(3,13-11-9-7-5-2)20-15-21(17,18)19/h4-15H2,1-3H3,(H2,17,18,19). The smallest absolute Gasteiger partial charge is 0.351 e. The van der Waals surface area contributed by atoms with Gasteiger partial charge < -0.3 is 14.5 Å². The maximum absolute atomic E-state index is 11.0. The SMILES string of the molecule is CCCCCCCC(C)(CCCCCC)OCP(=O)(O)O. The lowest BCUT2D eigenvalue weighted by Crippen LogP contribution is -2.29. The van der Waals surface area contributed by atoms with Gasteiger partial charge in [-0.3, -0.25) is 4.57 Å². The first-order valence-electron chi connectivity index (χ1n) is 8.51. The molecule has 128 valence electrons. The zero-order valence-corrected chi connectivity index (χ0v) is 15.0. The third-order valence-electron chi connectivity index (χ3n) is 3.95. The maximum atomic E-state index is 11.0. The van der Waals surface area contributed by atoms with Crippen LogP contribution >= 0.6 is 7.60 Å². The minimum absolute atomic E-state index is 0.388. The average Bonchev–Trinajstić information content (AvgIpc) is 2.41. The Kier molecular flexibility index (Phi) is 11.7. The van der Waals surface area contributed by atoms with Crippen molar-refractivity contribution < 1.29 is 19.1 Å². The molecule has 0 saturated carbocycles. The van der Waals surface area contributed by atoms with E-state index in [1.807, 2.05) is 6.92 Å². The van der Waals surface area contributed by atoms with E-state index in [0.717, 1.165) is 25.7 Å². The number of unbranched alkanes of at least 4 members (excludes halogenated alkanes) is 7. The van der Waals surface area contributed by atoms with Crippen molar-refractivity contribution in [2.24, 2.45) is 0 Å². The van der Waals surface area contributed by atoms with Crippen LogP contribution < -0.4 is 0 Å². The molecule has 0 aliphatic carbocycles. The first-order valence-corrected chi connectivity index (χ1v) is 10.3. The van der Waals surface area contributed by atoms with Gasteiger partial charge in [0.15, 0.2) is 0 Å². The molecule has 21 heavy (non-hydrogen) atoms. The van der Waals surface area contributed by atoms with Gasteiger partial charge in [0, 0.05) is 0 Å². The summed E-state index contributed by atoms with van der Waals surface area (Å²) in [6, 6.07) is 0. The summed E-state index contributed by atoms with van der Waals surface area (Å²) in [7, 11) is -4.08. The summed E-state index contributed by atoms with van der Waals surface area (Å²) >= 11 is 0. The molecule has 0 aliphatic heterocycles. The Balaban J connectivity index is 4.20. The van der Waals surface area contributed by atoms with E-state index >= 15 is 0 Å². The van der Waals surface area contributed by atoms with Crippen LogP contribution in [0.25, 0.3) is 0 Å². The van der Waals surface area contributed by atoms with Crippen LogP contribution in [0.4, 0.5) is 0 Å². The molecule has 0 aliphatic rings. The Labute approximate surface area is 130 Å². The van der Waals surface area contributed by atoms with Crippen LogP contribution in [0, 0.1) is 0 Å². The lowest BCUT2D eigenvalue weighted by molar-refractivity contribution is -0.0296. The molecule has 0 aromatic carbocycles. The van der Waals surface area contributed by atoms with E-state index in [1.165, 1.54) is 44.9 Å². The first kappa shape index (κ1) is 21.1. The van der Waals surface area contributed by atoms with Gasteiger partial charge in [0.25, 0.3) is 0 Å². The van der Waals surface area contributed by atoms with Crippen molar-refractivity contribution in [3.63, 3.8) is 0 Å². The Morgan fingerprint density at radius 3 is 1.71 bits per heavy atom. The Morgan fingerprint density at radius 2 is 1.29 bits per heavy atom. The van der Waals surface area contributed by atoms with Crippen LogP contribution in [-0.2, 0) is 9.30 Å². The predicted molar refractivity (Wildman–Crippen MR) is 88.5 cm³/mol. The second-order valence-electron chi connectivity index (χ2n) is 6.36. The highest BCUT2D eigenvalue weighted by Crippen LogP contribution is 2.38. The van der Waals surface area contributed by atoms with Crippen molar-refractivity contribution in [2.45, 2.75) is 97.0 Å². The zero-order valence-electron chi connectivity index (χ0n) is 14.1. The molecular weight excluding hydrogens is 287 g/mol. The van der Waals surface area contributed by atoms with Gasteiger partial charge in [0.2, 0.25) is 0 Å². The van der Waals surface area contributed by atoms with E-state index < -0.39 is 13.9 Å². The highest BCUT2D eigenvalue weighted by Gasteiger charge is 2.27. The molecular formula is C16H35O4P. The fourth-order valence-corrected chi connectivity index (χ4v) is 3.02. The Hall–Kier alpha value is 0.110. The molecule has 1 unspecified atom stereocenters. The number of hydrogen-bond acceptors (Lipinski definition) is 2. The minimum Gasteiger partial charge on any atom is -0.363 e. The van der Waals surface area contributed by atoms with Gasteiger partial charge in [-0.25, -0.2) is 0 Å². The van der Waals surface area contributed by atoms with Crippen molar-refractivity contribution in [3.8, 4) is 0 Å². The number of hydrogen-bond donors (Lipinski definition) is 2. The van der Waals surface area contributed by atoms with Crippen molar-refractivity contribution >= 4 is 7.60 Å². The van der Waals surface area contributed by atoms with Crippen LogP contribution in [-0.4, -0.2) is 21.7 Å². The van der Waals surface area contributed by atoms with E-state index in [2.05, 4.69) is 13.8 Å². The van der Waals surface area contributed by atoms with Gasteiger partial charge in [-0.2, -0.15) is 0 Å². The van der Waals surface area contributed by atoms with E-state index in [0.29, 0.717) is 0 Å². The minimum atomic E-state index is -4.08. The van der Waals surface area contributed by atoms with Gasteiger partial charge in [-0.1, -0.05) is 71.6 Å². The molecule has 0 heterocycles. The summed E-state index contributed by atoms with van der Waals surface area (Å²) in [5, 5.41) is 0. The fraction of sp³-hybridized carbons (Fsp3) is 1.00. The van der Waals surface area contributed by atoms with Crippen LogP contribution in [0.15, 0.2) is 0 Å². The molecule has 1 atom stereocenters. The summed E-state index contributed by atoms with van der Waals surface area (Å²) in [5.74, 6) is 0. The number of ether oxygens (including phenoxy) is 1. The van der Waals surface area contributed by atoms with Gasteiger partial charge >= 0.3 is 7.60 Å². The molecule has 0 radical (unpaired) electrons. The molecule has 0 aromatic rings. The molecule has 0 rings (SSSR count). The largest absolute Gasteiger partial charge is 0.363 e. The van der Waals surface area contributed by atoms with Crippen molar-refractivity contribution in [1.82, 2.24) is 0 Å². The third kappa shape index (κ3) is 13.5. The summed E-state index contributed by atoms with van der Waals surface area (Å²) in [6.45, 7) is 6.38. The monoisotopic (exact) mass is 322 g/mol. The highest BCUT2D eigenvalue weighted by atomic mass is 31.2. The van der Waals surface area contributed by atoms with Gasteiger partial charge in [-0.15, -0.1) is 0 Å². The summed E-state index contributed by atoms with van der Waals surface area (Å²) in [6.07, 6.45) is 11.9. The van der Waals surface area contributed by atoms with E-state index in [1.54, 1.807) is 0 Å². The Morgan fingerprint density at radius 1 is 0.857 bits per heavy atom. The van der Waals surface area contributed by atoms with E-state index in [9.17, 15) is 4.57 Å². The Bertz CT molecular complexity index is 290. The summed E-state index contributed by atoms with van der Waals surface area (Å²) in [5.41, 5.74) is -0.388. The molecule has 0 amide bonds. The second kappa shape index (κ2) is 11.6. The molecule has 4 nitrogen and oxygen atoms in total. The molecule has 0 fully saturated rings. The number of rotatable bonds is 14. The zero-order chi connectivity index (χ0) is 16.2. The summed E-state index contributed by atoms with van der Waals surface area (Å²) in [4.78, 5) is 18.0. The van der Waals surface area contributed by atoms with Crippen LogP contribution in [0.2, 0.25) is 0 Å². The van der Waals surface area contributed by atoms with Crippen LogP contribution in [0.1, 0.15) is 91.4 Å². The molecule has 0 saturated heterocycles. The third-order valence-corrected chi connectivity index (χ3v) is 4.41. The van der Waals surface area contributed by atoms with E-state index in [-0.39, 0.29) is 5.60 Å². The molecule has 0 aromatic heterocycles. The predicted octanol–water partition coefficient (Wildman–Crippen LogP) is 5.23. The molecule has 2 N–H and O–H groups in total. The maximum Gasteiger partial charge on any atom is 0.351 e. The lowest BCUT2D eigenvalue weighted by atomic mass is 9.91. The van der Waals surface area contributed by atoms with Crippen molar-refractivity contribution in [2.75, 3.05) is 6.35 Å².